The van der Waals surface area contributed by atoms with Gasteiger partial charge in [0, 0.05) is 11.8 Å². The fraction of sp³-hybridized carbons (Fsp3) is 0.188. The first-order chi connectivity index (χ1) is 17.2. The van der Waals surface area contributed by atoms with Gasteiger partial charge in [-0.15, -0.1) is 0 Å². The smallest absolute Gasteiger partial charge is 0.126 e. The SMILES string of the molecule is O=CCC[Si](CC(C=O)(Cc1ccccc1)Cc1ccccc1)(c1ccccc1)c1ccccc1. The third-order valence-electron chi connectivity index (χ3n) is 7.04. The summed E-state index contributed by atoms with van der Waals surface area (Å²) < 4.78 is 0. The number of rotatable bonds is 12. The summed E-state index contributed by atoms with van der Waals surface area (Å²) in [5, 5.41) is 2.56. The molecular formula is C32H32O2Si. The van der Waals surface area contributed by atoms with Gasteiger partial charge in [0.1, 0.15) is 20.6 Å². The Morgan fingerprint density at radius 1 is 0.571 bits per heavy atom. The highest BCUT2D eigenvalue weighted by Crippen LogP contribution is 2.37. The third-order valence-corrected chi connectivity index (χ3v) is 12.4. The van der Waals surface area contributed by atoms with Crippen LogP contribution >= 0.6 is 0 Å². The zero-order valence-corrected chi connectivity index (χ0v) is 21.1. The molecule has 0 bridgehead atoms. The second kappa shape index (κ2) is 11.7. The van der Waals surface area contributed by atoms with Gasteiger partial charge < -0.3 is 9.59 Å². The van der Waals surface area contributed by atoms with Crippen molar-refractivity contribution in [2.75, 3.05) is 0 Å². The van der Waals surface area contributed by atoms with E-state index in [4.69, 9.17) is 0 Å². The molecule has 0 aliphatic carbocycles. The van der Waals surface area contributed by atoms with E-state index in [1.807, 2.05) is 48.5 Å². The van der Waals surface area contributed by atoms with Crippen LogP contribution < -0.4 is 10.4 Å². The average molecular weight is 477 g/mol. The number of carbonyl (C=O) groups is 2. The molecule has 0 N–H and O–H groups in total. The van der Waals surface area contributed by atoms with Crippen LogP contribution in [0.15, 0.2) is 121 Å². The summed E-state index contributed by atoms with van der Waals surface area (Å²) in [6.07, 6.45) is 4.07. The highest BCUT2D eigenvalue weighted by atomic mass is 28.3. The molecule has 4 aromatic carbocycles. The Morgan fingerprint density at radius 3 is 1.34 bits per heavy atom. The van der Waals surface area contributed by atoms with Crippen LogP contribution in [-0.4, -0.2) is 20.6 Å². The average Bonchev–Trinajstić information content (AvgIpc) is 2.93. The van der Waals surface area contributed by atoms with Gasteiger partial charge in [-0.2, -0.15) is 0 Å². The topological polar surface area (TPSA) is 34.1 Å². The molecule has 176 valence electrons. The van der Waals surface area contributed by atoms with Gasteiger partial charge in [-0.05, 0) is 36.1 Å². The van der Waals surface area contributed by atoms with Gasteiger partial charge in [-0.1, -0.05) is 132 Å². The number of aldehydes is 2. The Hall–Kier alpha value is -3.56. The van der Waals surface area contributed by atoms with Crippen molar-refractivity contribution in [3.8, 4) is 0 Å². The molecule has 0 amide bonds. The van der Waals surface area contributed by atoms with Gasteiger partial charge in [0.05, 0.1) is 0 Å². The molecule has 0 aliphatic heterocycles. The molecule has 0 saturated carbocycles. The zero-order valence-electron chi connectivity index (χ0n) is 20.1. The Kier molecular flexibility index (Phi) is 8.22. The van der Waals surface area contributed by atoms with Crippen molar-refractivity contribution in [2.45, 2.75) is 31.4 Å². The quantitative estimate of drug-likeness (QED) is 0.200. The predicted molar refractivity (Wildman–Crippen MR) is 147 cm³/mol. The van der Waals surface area contributed by atoms with E-state index in [-0.39, 0.29) is 0 Å². The zero-order chi connectivity index (χ0) is 24.4. The molecule has 4 aromatic rings. The maximum absolute atomic E-state index is 13.2. The lowest BCUT2D eigenvalue weighted by Crippen LogP contribution is -2.61. The summed E-state index contributed by atoms with van der Waals surface area (Å²) in [5.74, 6) is 0. The Balaban J connectivity index is 1.89. The van der Waals surface area contributed by atoms with Crippen molar-refractivity contribution in [3.63, 3.8) is 0 Å². The first-order valence-electron chi connectivity index (χ1n) is 12.3. The number of hydrogen-bond acceptors (Lipinski definition) is 2. The maximum atomic E-state index is 13.2. The normalized spacial score (nSPS) is 11.7. The van der Waals surface area contributed by atoms with E-state index < -0.39 is 13.5 Å². The fourth-order valence-electron chi connectivity index (χ4n) is 5.49. The lowest BCUT2D eigenvalue weighted by Gasteiger charge is -2.41. The first kappa shape index (κ1) is 24.6. The third kappa shape index (κ3) is 5.93. The largest absolute Gasteiger partial charge is 0.303 e. The molecule has 4 rings (SSSR count). The van der Waals surface area contributed by atoms with Crippen molar-refractivity contribution < 1.29 is 9.59 Å². The lowest BCUT2D eigenvalue weighted by molar-refractivity contribution is -0.115. The lowest BCUT2D eigenvalue weighted by atomic mass is 9.79. The summed E-state index contributed by atoms with van der Waals surface area (Å²) in [7, 11) is -2.50. The Bertz CT molecular complexity index is 1110. The number of carbonyl (C=O) groups excluding carboxylic acids is 2. The summed E-state index contributed by atoms with van der Waals surface area (Å²) in [6.45, 7) is 0. The van der Waals surface area contributed by atoms with E-state index in [2.05, 4.69) is 72.8 Å². The monoisotopic (exact) mass is 476 g/mol. The van der Waals surface area contributed by atoms with Crippen LogP contribution in [0.25, 0.3) is 0 Å². The van der Waals surface area contributed by atoms with Crippen LogP contribution in [0.5, 0.6) is 0 Å². The summed E-state index contributed by atoms with van der Waals surface area (Å²) in [4.78, 5) is 24.9. The van der Waals surface area contributed by atoms with Crippen molar-refractivity contribution in [1.82, 2.24) is 0 Å². The molecule has 0 heterocycles. The predicted octanol–water partition coefficient (Wildman–Crippen LogP) is 5.51. The molecule has 0 spiro atoms. The standard InChI is InChI=1S/C32H32O2Si/c33-22-13-23-35(30-18-9-3-10-19-30,31-20-11-4-12-21-31)27-32(26-34,24-28-14-5-1-6-15-28)25-29-16-7-2-8-17-29/h1-12,14-22,26H,13,23-25,27H2. The van der Waals surface area contributed by atoms with E-state index in [9.17, 15) is 9.59 Å². The van der Waals surface area contributed by atoms with Gasteiger partial charge in [0.15, 0.2) is 0 Å². The van der Waals surface area contributed by atoms with Gasteiger partial charge in [-0.3, -0.25) is 0 Å². The van der Waals surface area contributed by atoms with Gasteiger partial charge >= 0.3 is 0 Å². The molecule has 0 aromatic heterocycles. The second-order valence-electron chi connectivity index (χ2n) is 9.50. The van der Waals surface area contributed by atoms with Gasteiger partial charge in [0.25, 0.3) is 0 Å². The minimum absolute atomic E-state index is 0.488. The molecule has 0 unspecified atom stereocenters. The van der Waals surface area contributed by atoms with E-state index in [1.54, 1.807) is 0 Å². The van der Waals surface area contributed by atoms with Crippen molar-refractivity contribution >= 4 is 31.0 Å². The van der Waals surface area contributed by atoms with Crippen LogP contribution in [0.3, 0.4) is 0 Å². The van der Waals surface area contributed by atoms with Crippen molar-refractivity contribution in [3.05, 3.63) is 132 Å². The van der Waals surface area contributed by atoms with E-state index in [0.29, 0.717) is 19.3 Å². The summed E-state index contributed by atoms with van der Waals surface area (Å²) >= 11 is 0. The molecule has 35 heavy (non-hydrogen) atoms. The second-order valence-corrected chi connectivity index (χ2v) is 13.7. The molecular weight excluding hydrogens is 444 g/mol. The Labute approximate surface area is 209 Å². The van der Waals surface area contributed by atoms with E-state index in [1.165, 1.54) is 16.7 Å². The van der Waals surface area contributed by atoms with Crippen molar-refractivity contribution in [1.29, 1.82) is 0 Å². The maximum Gasteiger partial charge on any atom is 0.126 e. The van der Waals surface area contributed by atoms with Crippen LogP contribution in [0, 0.1) is 5.41 Å². The minimum atomic E-state index is -2.50. The molecule has 0 aliphatic rings. The van der Waals surface area contributed by atoms with Crippen LogP contribution in [0.4, 0.5) is 0 Å². The van der Waals surface area contributed by atoms with Crippen LogP contribution in [0.2, 0.25) is 12.1 Å². The highest BCUT2D eigenvalue weighted by Gasteiger charge is 2.45. The van der Waals surface area contributed by atoms with Gasteiger partial charge in [0.2, 0.25) is 0 Å². The summed E-state index contributed by atoms with van der Waals surface area (Å²) in [6, 6.07) is 43.4. The van der Waals surface area contributed by atoms with Crippen molar-refractivity contribution in [2.24, 2.45) is 5.41 Å². The van der Waals surface area contributed by atoms with Crippen LogP contribution in [-0.2, 0) is 22.4 Å². The van der Waals surface area contributed by atoms with Gasteiger partial charge in [-0.25, -0.2) is 0 Å². The number of hydrogen-bond donors (Lipinski definition) is 0. The molecule has 2 nitrogen and oxygen atoms in total. The molecule has 3 heteroatoms. The Morgan fingerprint density at radius 2 is 0.971 bits per heavy atom. The highest BCUT2D eigenvalue weighted by molar-refractivity contribution is 7.02. The molecule has 0 radical (unpaired) electrons. The summed E-state index contributed by atoms with van der Waals surface area (Å²) in [5.41, 5.74) is 1.73. The number of benzene rings is 4. The molecule has 0 fully saturated rings. The van der Waals surface area contributed by atoms with E-state index in [0.717, 1.165) is 29.5 Å². The fourth-order valence-corrected chi connectivity index (χ4v) is 10.8. The first-order valence-corrected chi connectivity index (χ1v) is 14.7. The molecule has 0 saturated heterocycles. The van der Waals surface area contributed by atoms with Crippen LogP contribution in [0.1, 0.15) is 17.5 Å². The molecule has 0 atom stereocenters. The minimum Gasteiger partial charge on any atom is -0.303 e. The van der Waals surface area contributed by atoms with E-state index >= 15 is 0 Å².